The Hall–Kier alpha value is -3.16. The lowest BCUT2D eigenvalue weighted by Crippen LogP contribution is -2.56. The summed E-state index contributed by atoms with van der Waals surface area (Å²) in [5.74, 6) is -3.13. The summed E-state index contributed by atoms with van der Waals surface area (Å²) in [6, 6.07) is 8.24. The van der Waals surface area contributed by atoms with Crippen LogP contribution < -0.4 is 5.32 Å². The number of hydrogen-bond acceptors (Lipinski definition) is 8. The maximum Gasteiger partial charge on any atom is 0.380 e. The first-order valence-electron chi connectivity index (χ1n) is 12.7. The van der Waals surface area contributed by atoms with E-state index in [1.807, 2.05) is 13.8 Å². The van der Waals surface area contributed by atoms with Crippen molar-refractivity contribution in [3.05, 3.63) is 63.7 Å². The van der Waals surface area contributed by atoms with Crippen LogP contribution in [0, 0.1) is 25.2 Å². The van der Waals surface area contributed by atoms with Crippen LogP contribution in [0.4, 0.5) is 0 Å². The standard InChI is InChI=1S/C29H40NO8P/c1-16(2)28(8,26(34)38-37-25(33)27(5,6)7)30-24(32)22-15-19(10-11-23(22)31)14-21-17(3)12-20(13-18(21)4)29(9,35)39-36/h10-13,15-16,31,35H,14,39H2,1-9H3,(H,30,32). The molecule has 0 aliphatic carbocycles. The highest BCUT2D eigenvalue weighted by Crippen LogP contribution is 2.34. The average molecular weight is 562 g/mol. The van der Waals surface area contributed by atoms with Crippen LogP contribution in [-0.4, -0.2) is 33.6 Å². The van der Waals surface area contributed by atoms with Crippen LogP contribution in [-0.2, 0) is 35.7 Å². The second kappa shape index (κ2) is 11.9. The summed E-state index contributed by atoms with van der Waals surface area (Å²) in [5.41, 5.74) is 1.54. The van der Waals surface area contributed by atoms with Crippen LogP contribution in [0.1, 0.15) is 86.6 Å². The number of amides is 1. The molecule has 1 amide bonds. The van der Waals surface area contributed by atoms with E-state index in [-0.39, 0.29) is 11.3 Å². The number of aliphatic hydroxyl groups is 1. The van der Waals surface area contributed by atoms with Gasteiger partial charge >= 0.3 is 11.9 Å². The third-order valence-corrected chi connectivity index (χ3v) is 7.75. The maximum atomic E-state index is 13.3. The molecule has 3 atom stereocenters. The summed E-state index contributed by atoms with van der Waals surface area (Å²) >= 11 is 0. The molecule has 0 aliphatic heterocycles. The van der Waals surface area contributed by atoms with E-state index in [1.165, 1.54) is 19.9 Å². The molecule has 3 N–H and O–H groups in total. The highest BCUT2D eigenvalue weighted by atomic mass is 31.1. The molecule has 0 spiro atoms. The van der Waals surface area contributed by atoms with Gasteiger partial charge in [0.1, 0.15) is 16.6 Å². The molecule has 0 aromatic heterocycles. The lowest BCUT2D eigenvalue weighted by molar-refractivity contribution is -0.270. The number of phenols is 1. The average Bonchev–Trinajstić information content (AvgIpc) is 2.84. The second-order valence-corrected chi connectivity index (χ2v) is 13.0. The Morgan fingerprint density at radius 2 is 1.49 bits per heavy atom. The summed E-state index contributed by atoms with van der Waals surface area (Å²) in [4.78, 5) is 47.7. The molecule has 2 aromatic carbocycles. The van der Waals surface area contributed by atoms with E-state index in [1.54, 1.807) is 58.9 Å². The van der Waals surface area contributed by atoms with Gasteiger partial charge in [-0.25, -0.2) is 19.4 Å². The van der Waals surface area contributed by atoms with Gasteiger partial charge in [-0.15, -0.1) is 0 Å². The van der Waals surface area contributed by atoms with Crippen molar-refractivity contribution in [2.45, 2.75) is 79.6 Å². The number of phenolic OH excluding ortho intramolecular Hbond substituents is 1. The molecule has 0 bridgehead atoms. The number of aryl methyl sites for hydroxylation is 2. The summed E-state index contributed by atoms with van der Waals surface area (Å²) in [6.45, 7) is 15.0. The minimum absolute atomic E-state index is 0.0383. The number of nitrogens with one attached hydrogen (secondary N) is 1. The fourth-order valence-corrected chi connectivity index (χ4v) is 4.04. The van der Waals surface area contributed by atoms with Crippen LogP contribution in [0.25, 0.3) is 0 Å². The number of carbonyl (C=O) groups excluding carboxylic acids is 3. The fourth-order valence-electron chi connectivity index (χ4n) is 3.73. The number of benzene rings is 2. The zero-order chi connectivity index (χ0) is 29.9. The van der Waals surface area contributed by atoms with Gasteiger partial charge in [0.25, 0.3) is 5.91 Å². The van der Waals surface area contributed by atoms with Gasteiger partial charge in [-0.05, 0) is 101 Å². The molecule has 2 aromatic rings. The van der Waals surface area contributed by atoms with Gasteiger partial charge in [-0.3, -0.25) is 4.79 Å². The lowest BCUT2D eigenvalue weighted by Gasteiger charge is -2.31. The van der Waals surface area contributed by atoms with Crippen molar-refractivity contribution in [2.75, 3.05) is 0 Å². The SMILES string of the molecule is Cc1cc(C(C)(O)[PH2]=O)cc(C)c1Cc1ccc(O)c(C(=O)NC(C)(C(=O)OOC(=O)C(C)(C)C)C(C)C)c1. The van der Waals surface area contributed by atoms with Gasteiger partial charge < -0.3 is 20.1 Å². The molecular weight excluding hydrogens is 521 g/mol. The van der Waals surface area contributed by atoms with Crippen LogP contribution in [0.5, 0.6) is 5.75 Å². The monoisotopic (exact) mass is 561 g/mol. The molecule has 2 rings (SSSR count). The summed E-state index contributed by atoms with van der Waals surface area (Å²) < 4.78 is 11.5. The van der Waals surface area contributed by atoms with Gasteiger partial charge in [-0.2, -0.15) is 0 Å². The van der Waals surface area contributed by atoms with Gasteiger partial charge in [-0.1, -0.05) is 32.0 Å². The van der Waals surface area contributed by atoms with Crippen molar-refractivity contribution < 1.29 is 38.9 Å². The number of rotatable bonds is 8. The molecule has 0 radical (unpaired) electrons. The summed E-state index contributed by atoms with van der Waals surface area (Å²) in [7, 11) is -1.43. The quantitative estimate of drug-likeness (QED) is 0.239. The largest absolute Gasteiger partial charge is 0.507 e. The van der Waals surface area contributed by atoms with Gasteiger partial charge in [0.15, 0.2) is 0 Å². The second-order valence-electron chi connectivity index (χ2n) is 11.7. The Bertz CT molecular complexity index is 1260. The van der Waals surface area contributed by atoms with Gasteiger partial charge in [0.2, 0.25) is 0 Å². The molecule has 214 valence electrons. The number of hydrogen-bond donors (Lipinski definition) is 3. The first-order valence-corrected chi connectivity index (χ1v) is 13.8. The fraction of sp³-hybridized carbons (Fsp3) is 0.483. The molecule has 0 saturated carbocycles. The van der Waals surface area contributed by atoms with E-state index in [2.05, 4.69) is 5.32 Å². The molecule has 10 heteroatoms. The molecule has 0 aliphatic rings. The molecule has 3 unspecified atom stereocenters. The van der Waals surface area contributed by atoms with Crippen molar-refractivity contribution in [3.63, 3.8) is 0 Å². The van der Waals surface area contributed by atoms with E-state index in [0.29, 0.717) is 12.0 Å². The third-order valence-electron chi connectivity index (χ3n) is 6.95. The van der Waals surface area contributed by atoms with Crippen LogP contribution >= 0.6 is 8.46 Å². The predicted octanol–water partition coefficient (Wildman–Crippen LogP) is 4.71. The minimum atomic E-state index is -1.57. The van der Waals surface area contributed by atoms with Crippen molar-refractivity contribution in [1.82, 2.24) is 5.32 Å². The molecule has 0 fully saturated rings. The number of aromatic hydroxyl groups is 1. The minimum Gasteiger partial charge on any atom is -0.507 e. The zero-order valence-electron chi connectivity index (χ0n) is 24.1. The van der Waals surface area contributed by atoms with Crippen LogP contribution in [0.3, 0.4) is 0 Å². The number of carbonyl (C=O) groups is 3. The van der Waals surface area contributed by atoms with E-state index < -0.39 is 48.5 Å². The maximum absolute atomic E-state index is 13.3. The molecule has 9 nitrogen and oxygen atoms in total. The smallest absolute Gasteiger partial charge is 0.380 e. The van der Waals surface area contributed by atoms with Crippen molar-refractivity contribution in [3.8, 4) is 5.75 Å². The van der Waals surface area contributed by atoms with E-state index in [9.17, 15) is 29.2 Å². The summed E-state index contributed by atoms with van der Waals surface area (Å²) in [5, 5.41) is 22.1. The molecular formula is C29H40NO8P. The zero-order valence-corrected chi connectivity index (χ0v) is 25.2. The summed E-state index contributed by atoms with van der Waals surface area (Å²) in [6.07, 6.45) is 0.428. The topological polar surface area (TPSA) is 139 Å². The lowest BCUT2D eigenvalue weighted by atomic mass is 9.88. The van der Waals surface area contributed by atoms with Gasteiger partial charge in [0, 0.05) is 0 Å². The first kappa shape index (κ1) is 32.1. The van der Waals surface area contributed by atoms with Crippen LogP contribution in [0.15, 0.2) is 30.3 Å². The molecule has 39 heavy (non-hydrogen) atoms. The Morgan fingerprint density at radius 3 is 1.97 bits per heavy atom. The Morgan fingerprint density at radius 1 is 0.949 bits per heavy atom. The third kappa shape index (κ3) is 7.49. The highest BCUT2D eigenvalue weighted by Gasteiger charge is 2.42. The van der Waals surface area contributed by atoms with Gasteiger partial charge in [0.05, 0.1) is 19.4 Å². The first-order chi connectivity index (χ1) is 17.8. The van der Waals surface area contributed by atoms with Crippen molar-refractivity contribution in [1.29, 1.82) is 0 Å². The normalized spacial score (nSPS) is 15.1. The van der Waals surface area contributed by atoms with Crippen LogP contribution in [0.2, 0.25) is 0 Å². The molecule has 0 heterocycles. The van der Waals surface area contributed by atoms with Crippen molar-refractivity contribution >= 4 is 26.3 Å². The Balaban J connectivity index is 2.32. The van der Waals surface area contributed by atoms with Crippen molar-refractivity contribution in [2.24, 2.45) is 11.3 Å². The van der Waals surface area contributed by atoms with E-state index >= 15 is 0 Å². The predicted molar refractivity (Wildman–Crippen MR) is 149 cm³/mol. The van der Waals surface area contributed by atoms with E-state index in [4.69, 9.17) is 9.78 Å². The Labute approximate surface area is 231 Å². The van der Waals surface area contributed by atoms with E-state index in [0.717, 1.165) is 22.3 Å². The Kier molecular flexibility index (Phi) is 9.80. The highest BCUT2D eigenvalue weighted by molar-refractivity contribution is 7.25. The molecule has 0 saturated heterocycles.